The Morgan fingerprint density at radius 3 is 3.00 bits per heavy atom. The predicted octanol–water partition coefficient (Wildman–Crippen LogP) is 1.78. The molecule has 0 saturated carbocycles. The number of hydrogen-bond acceptors (Lipinski definition) is 4. The van der Waals surface area contributed by atoms with Gasteiger partial charge < -0.3 is 9.09 Å². The number of fused-ring (bicyclic) bond motifs is 1. The second-order valence-corrected chi connectivity index (χ2v) is 3.60. The number of benzene rings is 1. The van der Waals surface area contributed by atoms with Crippen molar-refractivity contribution < 1.29 is 4.52 Å². The highest BCUT2D eigenvalue weighted by Crippen LogP contribution is 2.13. The van der Waals surface area contributed by atoms with Gasteiger partial charge in [-0.2, -0.15) is 4.98 Å². The molecule has 0 amide bonds. The first kappa shape index (κ1) is 9.08. The predicted molar refractivity (Wildman–Crippen MR) is 57.9 cm³/mol. The molecule has 0 N–H and O–H groups in total. The first-order valence-electron chi connectivity index (χ1n) is 5.02. The molecular formula is C11H10N4O. The zero-order valence-corrected chi connectivity index (χ0v) is 8.79. The van der Waals surface area contributed by atoms with E-state index in [0.717, 1.165) is 11.0 Å². The van der Waals surface area contributed by atoms with Crippen LogP contribution in [0.4, 0.5) is 0 Å². The molecule has 3 aromatic rings. The maximum Gasteiger partial charge on any atom is 0.246 e. The van der Waals surface area contributed by atoms with Crippen LogP contribution >= 0.6 is 0 Å². The van der Waals surface area contributed by atoms with Crippen molar-refractivity contribution in [2.45, 2.75) is 13.5 Å². The second kappa shape index (κ2) is 3.44. The molecule has 0 unspecified atom stereocenters. The van der Waals surface area contributed by atoms with Crippen LogP contribution in [0.15, 0.2) is 35.1 Å². The molecule has 3 rings (SSSR count). The van der Waals surface area contributed by atoms with Gasteiger partial charge in [0, 0.05) is 0 Å². The van der Waals surface area contributed by atoms with Crippen molar-refractivity contribution in [2.24, 2.45) is 0 Å². The van der Waals surface area contributed by atoms with Crippen LogP contribution in [0.1, 0.15) is 11.7 Å². The SMILES string of the molecule is Cc1noc(Cn2cnc3ccccc32)n1. The third-order valence-corrected chi connectivity index (χ3v) is 2.40. The first-order valence-corrected chi connectivity index (χ1v) is 5.02. The van der Waals surface area contributed by atoms with Crippen molar-refractivity contribution in [3.63, 3.8) is 0 Å². The van der Waals surface area contributed by atoms with Crippen LogP contribution in [-0.4, -0.2) is 19.7 Å². The molecule has 0 aliphatic heterocycles. The minimum atomic E-state index is 0.557. The van der Waals surface area contributed by atoms with Crippen LogP contribution in [-0.2, 0) is 6.54 Å². The summed E-state index contributed by atoms with van der Waals surface area (Å²) in [5.74, 6) is 1.25. The van der Waals surface area contributed by atoms with Gasteiger partial charge in [-0.25, -0.2) is 4.98 Å². The zero-order chi connectivity index (χ0) is 11.0. The summed E-state index contributed by atoms with van der Waals surface area (Å²) >= 11 is 0. The smallest absolute Gasteiger partial charge is 0.246 e. The number of rotatable bonds is 2. The number of aryl methyl sites for hydroxylation is 1. The molecule has 0 aliphatic carbocycles. The average molecular weight is 214 g/mol. The summed E-state index contributed by atoms with van der Waals surface area (Å²) in [5.41, 5.74) is 2.04. The minimum absolute atomic E-state index is 0.557. The van der Waals surface area contributed by atoms with E-state index in [0.29, 0.717) is 18.3 Å². The van der Waals surface area contributed by atoms with Crippen molar-refractivity contribution in [1.29, 1.82) is 0 Å². The summed E-state index contributed by atoms with van der Waals surface area (Å²) in [6.45, 7) is 2.36. The van der Waals surface area contributed by atoms with Gasteiger partial charge in [0.15, 0.2) is 5.82 Å². The van der Waals surface area contributed by atoms with Crippen LogP contribution in [0.2, 0.25) is 0 Å². The zero-order valence-electron chi connectivity index (χ0n) is 8.79. The van der Waals surface area contributed by atoms with Crippen molar-refractivity contribution in [1.82, 2.24) is 19.7 Å². The van der Waals surface area contributed by atoms with Gasteiger partial charge in [-0.1, -0.05) is 17.3 Å². The van der Waals surface area contributed by atoms with Crippen molar-refractivity contribution in [2.75, 3.05) is 0 Å². The molecule has 1 aromatic carbocycles. The molecule has 5 nitrogen and oxygen atoms in total. The Kier molecular flexibility index (Phi) is 1.96. The van der Waals surface area contributed by atoms with Crippen LogP contribution < -0.4 is 0 Å². The fourth-order valence-electron chi connectivity index (χ4n) is 1.69. The van der Waals surface area contributed by atoms with Gasteiger partial charge in [0.1, 0.15) is 6.54 Å². The largest absolute Gasteiger partial charge is 0.337 e. The third kappa shape index (κ3) is 1.46. The fourth-order valence-corrected chi connectivity index (χ4v) is 1.69. The summed E-state index contributed by atoms with van der Waals surface area (Å²) < 4.78 is 7.07. The summed E-state index contributed by atoms with van der Waals surface area (Å²) in [5, 5.41) is 3.76. The van der Waals surface area contributed by atoms with Crippen LogP contribution in [0.25, 0.3) is 11.0 Å². The van der Waals surface area contributed by atoms with Gasteiger partial charge in [0.05, 0.1) is 17.4 Å². The quantitative estimate of drug-likeness (QED) is 0.652. The topological polar surface area (TPSA) is 56.7 Å². The van der Waals surface area contributed by atoms with Crippen molar-refractivity contribution in [3.8, 4) is 0 Å². The second-order valence-electron chi connectivity index (χ2n) is 3.60. The summed E-state index contributed by atoms with van der Waals surface area (Å²) in [7, 11) is 0. The maximum absolute atomic E-state index is 5.08. The Labute approximate surface area is 91.7 Å². The molecule has 0 bridgehead atoms. The molecule has 0 saturated heterocycles. The Bertz CT molecular complexity index is 625. The van der Waals surface area contributed by atoms with Gasteiger partial charge in [-0.3, -0.25) is 0 Å². The monoisotopic (exact) mass is 214 g/mol. The van der Waals surface area contributed by atoms with Gasteiger partial charge >= 0.3 is 0 Å². The molecule has 80 valence electrons. The van der Waals surface area contributed by atoms with E-state index < -0.39 is 0 Å². The molecule has 0 radical (unpaired) electrons. The van der Waals surface area contributed by atoms with Crippen LogP contribution in [0.5, 0.6) is 0 Å². The van der Waals surface area contributed by atoms with E-state index >= 15 is 0 Å². The lowest BCUT2D eigenvalue weighted by molar-refractivity contribution is 0.369. The summed E-state index contributed by atoms with van der Waals surface area (Å²) in [6.07, 6.45) is 1.78. The lowest BCUT2D eigenvalue weighted by Crippen LogP contribution is -1.97. The molecule has 2 heterocycles. The molecule has 0 aliphatic rings. The highest BCUT2D eigenvalue weighted by atomic mass is 16.5. The standard InChI is InChI=1S/C11H10N4O/c1-8-13-11(16-14-8)6-15-7-12-9-4-2-3-5-10(9)15/h2-5,7H,6H2,1H3. The Morgan fingerprint density at radius 2 is 2.19 bits per heavy atom. The molecule has 0 atom stereocenters. The minimum Gasteiger partial charge on any atom is -0.337 e. The molecule has 2 aromatic heterocycles. The van der Waals surface area contributed by atoms with Crippen molar-refractivity contribution in [3.05, 3.63) is 42.3 Å². The number of hydrogen-bond donors (Lipinski definition) is 0. The van der Waals surface area contributed by atoms with E-state index in [-0.39, 0.29) is 0 Å². The molecule has 0 spiro atoms. The average Bonchev–Trinajstić information content (AvgIpc) is 2.87. The molecule has 0 fully saturated rings. The molecule has 16 heavy (non-hydrogen) atoms. The number of para-hydroxylation sites is 2. The lowest BCUT2D eigenvalue weighted by atomic mass is 10.3. The van der Waals surface area contributed by atoms with Crippen molar-refractivity contribution >= 4 is 11.0 Å². The van der Waals surface area contributed by atoms with Crippen LogP contribution in [0.3, 0.4) is 0 Å². The number of imidazole rings is 1. The normalized spacial score (nSPS) is 11.1. The Morgan fingerprint density at radius 1 is 1.31 bits per heavy atom. The Balaban J connectivity index is 2.00. The number of nitrogens with zero attached hydrogens (tertiary/aromatic N) is 4. The van der Waals surface area contributed by atoms with Crippen LogP contribution in [0, 0.1) is 6.92 Å². The first-order chi connectivity index (χ1) is 7.83. The summed E-state index contributed by atoms with van der Waals surface area (Å²) in [6, 6.07) is 7.95. The van der Waals surface area contributed by atoms with E-state index in [4.69, 9.17) is 4.52 Å². The molecule has 5 heteroatoms. The van der Waals surface area contributed by atoms with E-state index in [1.165, 1.54) is 0 Å². The lowest BCUT2D eigenvalue weighted by Gasteiger charge is -1.98. The van der Waals surface area contributed by atoms with Gasteiger partial charge in [0.25, 0.3) is 0 Å². The highest BCUT2D eigenvalue weighted by Gasteiger charge is 2.06. The van der Waals surface area contributed by atoms with Gasteiger partial charge in [-0.05, 0) is 19.1 Å². The van der Waals surface area contributed by atoms with E-state index in [1.807, 2.05) is 28.8 Å². The summed E-state index contributed by atoms with van der Waals surface area (Å²) in [4.78, 5) is 8.46. The third-order valence-electron chi connectivity index (χ3n) is 2.40. The number of aromatic nitrogens is 4. The van der Waals surface area contributed by atoms with E-state index in [1.54, 1.807) is 13.3 Å². The Hall–Kier alpha value is -2.17. The fraction of sp³-hybridized carbons (Fsp3) is 0.182. The molecular weight excluding hydrogens is 204 g/mol. The maximum atomic E-state index is 5.08. The van der Waals surface area contributed by atoms with E-state index in [2.05, 4.69) is 15.1 Å². The van der Waals surface area contributed by atoms with Gasteiger partial charge in [0.2, 0.25) is 5.89 Å². The van der Waals surface area contributed by atoms with E-state index in [9.17, 15) is 0 Å². The highest BCUT2D eigenvalue weighted by molar-refractivity contribution is 5.74. The van der Waals surface area contributed by atoms with Gasteiger partial charge in [-0.15, -0.1) is 0 Å².